The maximum Gasteiger partial charge on any atom is 0.252 e. The molecule has 4 aromatic rings. The summed E-state index contributed by atoms with van der Waals surface area (Å²) in [5.41, 5.74) is 3.36. The van der Waals surface area contributed by atoms with Crippen molar-refractivity contribution in [2.45, 2.75) is 25.8 Å². The van der Waals surface area contributed by atoms with Crippen LogP contribution < -0.4 is 10.1 Å². The van der Waals surface area contributed by atoms with Crippen LogP contribution in [0, 0.1) is 13.8 Å². The third-order valence-electron chi connectivity index (χ3n) is 5.71. The Balaban J connectivity index is 1.51. The van der Waals surface area contributed by atoms with Crippen molar-refractivity contribution in [1.29, 1.82) is 0 Å². The smallest absolute Gasteiger partial charge is 0.252 e. The van der Waals surface area contributed by atoms with Crippen molar-refractivity contribution < 1.29 is 14.1 Å². The number of fused-ring (bicyclic) bond motifs is 1. The first-order chi connectivity index (χ1) is 15.5. The Morgan fingerprint density at radius 3 is 2.53 bits per heavy atom. The van der Waals surface area contributed by atoms with Gasteiger partial charge in [0.25, 0.3) is 5.91 Å². The SMILES string of the molecule is Cc1ccc([C@@]2(NC(=O)c3ccc(-c4noc(C)n4)cc3)CCOc3cccnc32)cc1. The Labute approximate surface area is 185 Å². The maximum absolute atomic E-state index is 13.4. The minimum atomic E-state index is -0.789. The largest absolute Gasteiger partial charge is 0.491 e. The summed E-state index contributed by atoms with van der Waals surface area (Å²) in [5.74, 6) is 1.48. The van der Waals surface area contributed by atoms with Gasteiger partial charge in [0.15, 0.2) is 0 Å². The molecule has 3 heterocycles. The molecule has 1 aliphatic heterocycles. The molecule has 1 N–H and O–H groups in total. The molecule has 0 saturated carbocycles. The molecule has 0 fully saturated rings. The number of hydrogen-bond acceptors (Lipinski definition) is 6. The molecule has 0 unspecified atom stereocenters. The van der Waals surface area contributed by atoms with Gasteiger partial charge in [0.05, 0.1) is 6.61 Å². The fourth-order valence-electron chi connectivity index (χ4n) is 4.03. The van der Waals surface area contributed by atoms with Crippen LogP contribution in [0.5, 0.6) is 5.75 Å². The Morgan fingerprint density at radius 1 is 1.03 bits per heavy atom. The average molecular weight is 426 g/mol. The van der Waals surface area contributed by atoms with Crippen molar-refractivity contribution >= 4 is 5.91 Å². The standard InChI is InChI=1S/C25H22N4O3/c1-16-5-11-20(12-6-16)25(13-15-31-21-4-3-14-26-22(21)25)28-24(30)19-9-7-18(8-10-19)23-27-17(2)32-29-23/h3-12,14H,13,15H2,1-2H3,(H,28,30)/t25-/m0/s1. The predicted molar refractivity (Wildman–Crippen MR) is 118 cm³/mol. The number of amides is 1. The number of nitrogens with one attached hydrogen (secondary N) is 1. The van der Waals surface area contributed by atoms with Gasteiger partial charge in [-0.25, -0.2) is 0 Å². The molecule has 2 aromatic carbocycles. The number of ether oxygens (including phenoxy) is 1. The second-order valence-electron chi connectivity index (χ2n) is 7.89. The summed E-state index contributed by atoms with van der Waals surface area (Å²) in [5, 5.41) is 7.20. The van der Waals surface area contributed by atoms with Gasteiger partial charge in [-0.1, -0.05) is 47.1 Å². The molecule has 0 spiro atoms. The van der Waals surface area contributed by atoms with Crippen LogP contribution in [0.15, 0.2) is 71.4 Å². The van der Waals surface area contributed by atoms with Crippen LogP contribution in [0.2, 0.25) is 0 Å². The van der Waals surface area contributed by atoms with E-state index in [0.29, 0.717) is 41.7 Å². The second-order valence-corrected chi connectivity index (χ2v) is 7.89. The number of carbonyl (C=O) groups excluding carboxylic acids is 1. The van der Waals surface area contributed by atoms with Gasteiger partial charge >= 0.3 is 0 Å². The summed E-state index contributed by atoms with van der Waals surface area (Å²) < 4.78 is 10.9. The van der Waals surface area contributed by atoms with E-state index < -0.39 is 5.54 Å². The molecule has 5 rings (SSSR count). The zero-order valence-electron chi connectivity index (χ0n) is 17.8. The van der Waals surface area contributed by atoms with Crippen LogP contribution in [0.25, 0.3) is 11.4 Å². The molecular weight excluding hydrogens is 404 g/mol. The molecule has 7 heteroatoms. The van der Waals surface area contributed by atoms with E-state index in [-0.39, 0.29) is 5.91 Å². The highest BCUT2D eigenvalue weighted by molar-refractivity contribution is 5.95. The van der Waals surface area contributed by atoms with E-state index in [4.69, 9.17) is 9.26 Å². The molecule has 32 heavy (non-hydrogen) atoms. The van der Waals surface area contributed by atoms with E-state index in [1.807, 2.05) is 55.5 Å². The molecule has 0 aliphatic carbocycles. The first-order valence-corrected chi connectivity index (χ1v) is 10.4. The molecular formula is C25H22N4O3. The molecule has 1 amide bonds. The number of benzene rings is 2. The van der Waals surface area contributed by atoms with Crippen LogP contribution in [-0.4, -0.2) is 27.6 Å². The Bertz CT molecular complexity index is 1270. The molecule has 1 atom stereocenters. The molecule has 0 radical (unpaired) electrons. The molecule has 160 valence electrons. The molecule has 0 bridgehead atoms. The van der Waals surface area contributed by atoms with Crippen LogP contribution in [0.3, 0.4) is 0 Å². The predicted octanol–water partition coefficient (Wildman–Crippen LogP) is 4.20. The van der Waals surface area contributed by atoms with E-state index >= 15 is 0 Å². The average Bonchev–Trinajstić information content (AvgIpc) is 3.26. The molecule has 0 saturated heterocycles. The Kier molecular flexibility index (Phi) is 4.93. The van der Waals surface area contributed by atoms with Gasteiger partial charge in [-0.05, 0) is 36.8 Å². The number of hydrogen-bond donors (Lipinski definition) is 1. The summed E-state index contributed by atoms with van der Waals surface area (Å²) >= 11 is 0. The van der Waals surface area contributed by atoms with E-state index in [1.165, 1.54) is 0 Å². The fraction of sp³-hybridized carbons (Fsp3) is 0.200. The van der Waals surface area contributed by atoms with Crippen molar-refractivity contribution in [3.63, 3.8) is 0 Å². The number of carbonyl (C=O) groups is 1. The highest BCUT2D eigenvalue weighted by atomic mass is 16.5. The minimum absolute atomic E-state index is 0.195. The highest BCUT2D eigenvalue weighted by Crippen LogP contribution is 2.40. The maximum atomic E-state index is 13.4. The number of rotatable bonds is 4. The van der Waals surface area contributed by atoms with Crippen molar-refractivity contribution in [3.05, 3.63) is 95.1 Å². The van der Waals surface area contributed by atoms with E-state index in [0.717, 1.165) is 16.7 Å². The first-order valence-electron chi connectivity index (χ1n) is 10.4. The normalized spacial score (nSPS) is 17.3. The third kappa shape index (κ3) is 3.51. The van der Waals surface area contributed by atoms with Gasteiger partial charge in [0.2, 0.25) is 11.7 Å². The van der Waals surface area contributed by atoms with Gasteiger partial charge in [-0.2, -0.15) is 4.98 Å². The summed E-state index contributed by atoms with van der Waals surface area (Å²) in [6.45, 7) is 4.25. The zero-order valence-corrected chi connectivity index (χ0v) is 17.8. The summed E-state index contributed by atoms with van der Waals surface area (Å²) in [4.78, 5) is 22.2. The summed E-state index contributed by atoms with van der Waals surface area (Å²) in [7, 11) is 0. The van der Waals surface area contributed by atoms with E-state index in [2.05, 4.69) is 20.4 Å². The van der Waals surface area contributed by atoms with Crippen molar-refractivity contribution in [3.8, 4) is 17.1 Å². The van der Waals surface area contributed by atoms with Gasteiger partial charge in [0.1, 0.15) is 17.0 Å². The van der Waals surface area contributed by atoms with Crippen molar-refractivity contribution in [2.24, 2.45) is 0 Å². The molecule has 1 aliphatic rings. The van der Waals surface area contributed by atoms with Crippen molar-refractivity contribution in [1.82, 2.24) is 20.4 Å². The fourth-order valence-corrected chi connectivity index (χ4v) is 4.03. The highest BCUT2D eigenvalue weighted by Gasteiger charge is 2.42. The lowest BCUT2D eigenvalue weighted by atomic mass is 9.81. The summed E-state index contributed by atoms with van der Waals surface area (Å²) in [6, 6.07) is 19.0. The number of nitrogens with zero attached hydrogens (tertiary/aromatic N) is 3. The topological polar surface area (TPSA) is 90.1 Å². The molecule has 7 nitrogen and oxygen atoms in total. The third-order valence-corrected chi connectivity index (χ3v) is 5.71. The van der Waals surface area contributed by atoms with E-state index in [1.54, 1.807) is 25.3 Å². The van der Waals surface area contributed by atoms with Crippen LogP contribution in [0.4, 0.5) is 0 Å². The van der Waals surface area contributed by atoms with Gasteiger partial charge in [-0.3, -0.25) is 9.78 Å². The Hall–Kier alpha value is -4.00. The van der Waals surface area contributed by atoms with Crippen LogP contribution in [-0.2, 0) is 5.54 Å². The van der Waals surface area contributed by atoms with Gasteiger partial charge < -0.3 is 14.6 Å². The quantitative estimate of drug-likeness (QED) is 0.526. The van der Waals surface area contributed by atoms with Crippen LogP contribution >= 0.6 is 0 Å². The van der Waals surface area contributed by atoms with Gasteiger partial charge in [0, 0.05) is 30.7 Å². The number of aromatic nitrogens is 3. The minimum Gasteiger partial charge on any atom is -0.491 e. The van der Waals surface area contributed by atoms with Crippen LogP contribution in [0.1, 0.15) is 39.5 Å². The monoisotopic (exact) mass is 426 g/mol. The lowest BCUT2D eigenvalue weighted by molar-refractivity contribution is 0.0883. The lowest BCUT2D eigenvalue weighted by Gasteiger charge is -2.39. The van der Waals surface area contributed by atoms with E-state index in [9.17, 15) is 4.79 Å². The first kappa shape index (κ1) is 19.9. The van der Waals surface area contributed by atoms with Crippen molar-refractivity contribution in [2.75, 3.05) is 6.61 Å². The van der Waals surface area contributed by atoms with Gasteiger partial charge in [-0.15, -0.1) is 0 Å². The lowest BCUT2D eigenvalue weighted by Crippen LogP contribution is -2.50. The Morgan fingerprint density at radius 2 is 1.81 bits per heavy atom. The second kappa shape index (κ2) is 7.92. The number of pyridine rings is 1. The molecule has 2 aromatic heterocycles. The zero-order chi connectivity index (χ0) is 22.1. The summed E-state index contributed by atoms with van der Waals surface area (Å²) in [6.07, 6.45) is 2.30. The number of aryl methyl sites for hydroxylation is 2.